The van der Waals surface area contributed by atoms with Crippen LogP contribution in [0.25, 0.3) is 0 Å². The van der Waals surface area contributed by atoms with E-state index in [2.05, 4.69) is 4.90 Å². The molecule has 0 N–H and O–H groups in total. The van der Waals surface area contributed by atoms with E-state index < -0.39 is 11.8 Å². The highest BCUT2D eigenvalue weighted by Crippen LogP contribution is 2.11. The summed E-state index contributed by atoms with van der Waals surface area (Å²) in [6.45, 7) is 5.89. The predicted molar refractivity (Wildman–Crippen MR) is 73.5 cm³/mol. The standard InChI is InChI=1S/C15H19NO4/c1-2-20-15(18)14(17)13-5-3-4-12(10-13)11-16-6-8-19-9-7-16/h3-5,10H,2,6-9,11H2,1H3. The number of Topliss-reactive ketones (excluding diaryl/α,β-unsaturated/α-hetero) is 1. The third kappa shape index (κ3) is 3.88. The molecule has 0 spiro atoms. The Morgan fingerprint density at radius 1 is 1.30 bits per heavy atom. The number of hydrogen-bond donors (Lipinski definition) is 0. The van der Waals surface area contributed by atoms with Crippen LogP contribution in [0.1, 0.15) is 22.8 Å². The maximum Gasteiger partial charge on any atom is 0.379 e. The van der Waals surface area contributed by atoms with E-state index in [-0.39, 0.29) is 6.61 Å². The highest BCUT2D eigenvalue weighted by molar-refractivity contribution is 6.40. The fourth-order valence-electron chi connectivity index (χ4n) is 2.14. The summed E-state index contributed by atoms with van der Waals surface area (Å²) in [5.74, 6) is -1.38. The lowest BCUT2D eigenvalue weighted by Gasteiger charge is -2.26. The van der Waals surface area contributed by atoms with Gasteiger partial charge in [0.05, 0.1) is 19.8 Å². The Morgan fingerprint density at radius 2 is 2.05 bits per heavy atom. The molecule has 5 nitrogen and oxygen atoms in total. The van der Waals surface area contributed by atoms with E-state index >= 15 is 0 Å². The predicted octanol–water partition coefficient (Wildman–Crippen LogP) is 1.26. The van der Waals surface area contributed by atoms with Gasteiger partial charge in [0.2, 0.25) is 0 Å². The topological polar surface area (TPSA) is 55.8 Å². The summed E-state index contributed by atoms with van der Waals surface area (Å²) in [5, 5.41) is 0. The van der Waals surface area contributed by atoms with E-state index in [9.17, 15) is 9.59 Å². The second-order valence-electron chi connectivity index (χ2n) is 4.64. The Bertz CT molecular complexity index is 481. The highest BCUT2D eigenvalue weighted by Gasteiger charge is 2.18. The molecule has 0 unspecified atom stereocenters. The molecular weight excluding hydrogens is 258 g/mol. The van der Waals surface area contributed by atoms with Gasteiger partial charge in [-0.25, -0.2) is 4.79 Å². The number of nitrogens with zero attached hydrogens (tertiary/aromatic N) is 1. The molecule has 0 amide bonds. The number of ether oxygens (including phenoxy) is 2. The summed E-state index contributed by atoms with van der Waals surface area (Å²) in [6.07, 6.45) is 0. The Morgan fingerprint density at radius 3 is 2.75 bits per heavy atom. The van der Waals surface area contributed by atoms with Gasteiger partial charge in [-0.05, 0) is 18.6 Å². The van der Waals surface area contributed by atoms with Crippen molar-refractivity contribution in [3.05, 3.63) is 35.4 Å². The first-order valence-corrected chi connectivity index (χ1v) is 6.81. The molecule has 0 aromatic heterocycles. The van der Waals surface area contributed by atoms with Crippen LogP contribution in [0.15, 0.2) is 24.3 Å². The van der Waals surface area contributed by atoms with Crippen LogP contribution in [0.3, 0.4) is 0 Å². The molecule has 1 aliphatic rings. The summed E-state index contributed by atoms with van der Waals surface area (Å²) in [6, 6.07) is 7.15. The molecule has 1 aromatic carbocycles. The van der Waals surface area contributed by atoms with Crippen molar-refractivity contribution in [1.82, 2.24) is 4.90 Å². The quantitative estimate of drug-likeness (QED) is 0.461. The van der Waals surface area contributed by atoms with Crippen molar-refractivity contribution >= 4 is 11.8 Å². The molecule has 108 valence electrons. The van der Waals surface area contributed by atoms with Gasteiger partial charge in [0.25, 0.3) is 5.78 Å². The normalized spacial score (nSPS) is 15.8. The van der Waals surface area contributed by atoms with Crippen LogP contribution >= 0.6 is 0 Å². The first-order chi connectivity index (χ1) is 9.70. The number of ketones is 1. The van der Waals surface area contributed by atoms with Crippen molar-refractivity contribution in [2.45, 2.75) is 13.5 Å². The fourth-order valence-corrected chi connectivity index (χ4v) is 2.14. The molecule has 0 atom stereocenters. The van der Waals surface area contributed by atoms with Crippen LogP contribution < -0.4 is 0 Å². The van der Waals surface area contributed by atoms with Gasteiger partial charge in [0.15, 0.2) is 0 Å². The zero-order valence-electron chi connectivity index (χ0n) is 11.6. The molecule has 1 fully saturated rings. The zero-order chi connectivity index (χ0) is 14.4. The monoisotopic (exact) mass is 277 g/mol. The molecule has 0 saturated carbocycles. The van der Waals surface area contributed by atoms with Crippen molar-refractivity contribution < 1.29 is 19.1 Å². The van der Waals surface area contributed by atoms with Gasteiger partial charge in [-0.3, -0.25) is 9.69 Å². The number of esters is 1. The van der Waals surface area contributed by atoms with E-state index in [4.69, 9.17) is 9.47 Å². The Kier molecular flexibility index (Phi) is 5.26. The van der Waals surface area contributed by atoms with Gasteiger partial charge in [-0.2, -0.15) is 0 Å². The first-order valence-electron chi connectivity index (χ1n) is 6.81. The smallest absolute Gasteiger partial charge is 0.379 e. The third-order valence-corrected chi connectivity index (χ3v) is 3.16. The van der Waals surface area contributed by atoms with Gasteiger partial charge in [-0.15, -0.1) is 0 Å². The largest absolute Gasteiger partial charge is 0.460 e. The Hall–Kier alpha value is -1.72. The number of morpholine rings is 1. The number of benzene rings is 1. The van der Waals surface area contributed by atoms with E-state index in [1.165, 1.54) is 0 Å². The molecule has 1 saturated heterocycles. The minimum absolute atomic E-state index is 0.206. The lowest BCUT2D eigenvalue weighted by atomic mass is 10.1. The maximum atomic E-state index is 11.9. The SMILES string of the molecule is CCOC(=O)C(=O)c1cccc(CN2CCOCC2)c1. The summed E-state index contributed by atoms with van der Waals surface area (Å²) in [5.41, 5.74) is 1.40. The highest BCUT2D eigenvalue weighted by atomic mass is 16.5. The third-order valence-electron chi connectivity index (χ3n) is 3.16. The van der Waals surface area contributed by atoms with Crippen LogP contribution in [0, 0.1) is 0 Å². The van der Waals surface area contributed by atoms with Gasteiger partial charge in [0, 0.05) is 25.2 Å². The molecule has 1 aliphatic heterocycles. The number of hydrogen-bond acceptors (Lipinski definition) is 5. The van der Waals surface area contributed by atoms with Gasteiger partial charge in [0.1, 0.15) is 0 Å². The number of rotatable bonds is 5. The zero-order valence-corrected chi connectivity index (χ0v) is 11.6. The van der Waals surface area contributed by atoms with Crippen molar-refractivity contribution in [2.75, 3.05) is 32.9 Å². The van der Waals surface area contributed by atoms with Crippen molar-refractivity contribution in [1.29, 1.82) is 0 Å². The van der Waals surface area contributed by atoms with E-state index in [0.717, 1.165) is 38.4 Å². The molecule has 20 heavy (non-hydrogen) atoms. The summed E-state index contributed by atoms with van der Waals surface area (Å²) >= 11 is 0. The lowest BCUT2D eigenvalue weighted by molar-refractivity contribution is -0.137. The Labute approximate surface area is 118 Å². The van der Waals surface area contributed by atoms with Crippen molar-refractivity contribution in [3.8, 4) is 0 Å². The molecular formula is C15H19NO4. The van der Waals surface area contributed by atoms with E-state index in [1.807, 2.05) is 6.07 Å². The van der Waals surface area contributed by atoms with Crippen LogP contribution in [-0.4, -0.2) is 49.6 Å². The van der Waals surface area contributed by atoms with Crippen LogP contribution in [0.2, 0.25) is 0 Å². The summed E-state index contributed by atoms with van der Waals surface area (Å²) in [7, 11) is 0. The summed E-state index contributed by atoms with van der Waals surface area (Å²) < 4.78 is 10.0. The second-order valence-corrected chi connectivity index (χ2v) is 4.64. The molecule has 0 bridgehead atoms. The van der Waals surface area contributed by atoms with E-state index in [0.29, 0.717) is 5.56 Å². The minimum Gasteiger partial charge on any atom is -0.460 e. The molecule has 0 aliphatic carbocycles. The van der Waals surface area contributed by atoms with Crippen molar-refractivity contribution in [3.63, 3.8) is 0 Å². The molecule has 0 radical (unpaired) electrons. The minimum atomic E-state index is -0.795. The van der Waals surface area contributed by atoms with E-state index in [1.54, 1.807) is 25.1 Å². The van der Waals surface area contributed by atoms with Gasteiger partial charge < -0.3 is 9.47 Å². The fraction of sp³-hybridized carbons (Fsp3) is 0.467. The van der Waals surface area contributed by atoms with Gasteiger partial charge in [-0.1, -0.05) is 18.2 Å². The number of carbonyl (C=O) groups excluding carboxylic acids is 2. The van der Waals surface area contributed by atoms with Gasteiger partial charge >= 0.3 is 5.97 Å². The van der Waals surface area contributed by atoms with Crippen LogP contribution in [0.5, 0.6) is 0 Å². The average molecular weight is 277 g/mol. The summed E-state index contributed by atoms with van der Waals surface area (Å²) in [4.78, 5) is 25.6. The van der Waals surface area contributed by atoms with Crippen LogP contribution in [-0.2, 0) is 20.8 Å². The first kappa shape index (κ1) is 14.7. The molecule has 1 heterocycles. The van der Waals surface area contributed by atoms with Crippen LogP contribution in [0.4, 0.5) is 0 Å². The number of carbonyl (C=O) groups is 2. The Balaban J connectivity index is 2.03. The molecule has 1 aromatic rings. The molecule has 2 rings (SSSR count). The molecule has 5 heteroatoms. The second kappa shape index (κ2) is 7.17. The lowest BCUT2D eigenvalue weighted by Crippen LogP contribution is -2.35. The van der Waals surface area contributed by atoms with Crippen molar-refractivity contribution in [2.24, 2.45) is 0 Å². The maximum absolute atomic E-state index is 11.9. The average Bonchev–Trinajstić information content (AvgIpc) is 2.48.